The second-order valence-corrected chi connectivity index (χ2v) is 6.74. The fourth-order valence-electron chi connectivity index (χ4n) is 1.62. The molecule has 0 atom stereocenters. The van der Waals surface area contributed by atoms with E-state index in [4.69, 9.17) is 4.74 Å². The van der Waals surface area contributed by atoms with E-state index < -0.39 is 10.2 Å². The van der Waals surface area contributed by atoms with Gasteiger partial charge in [-0.2, -0.15) is 12.7 Å². The van der Waals surface area contributed by atoms with Crippen LogP contribution in [0.15, 0.2) is 24.3 Å². The Morgan fingerprint density at radius 3 is 2.25 bits per heavy atom. The maximum absolute atomic E-state index is 11.5. The van der Waals surface area contributed by atoms with E-state index in [1.54, 1.807) is 7.11 Å². The van der Waals surface area contributed by atoms with E-state index in [-0.39, 0.29) is 0 Å². The number of hydrogen-bond donors (Lipinski definition) is 1. The average Bonchev–Trinajstić information content (AvgIpc) is 2.39. The molecule has 0 bridgehead atoms. The van der Waals surface area contributed by atoms with Crippen molar-refractivity contribution >= 4 is 10.2 Å². The molecule has 0 radical (unpaired) electrons. The van der Waals surface area contributed by atoms with E-state index in [1.807, 2.05) is 31.3 Å². The summed E-state index contributed by atoms with van der Waals surface area (Å²) in [6, 6.07) is 7.83. The smallest absolute Gasteiger partial charge is 0.278 e. The molecule has 0 aliphatic heterocycles. The molecule has 0 aromatic heterocycles. The summed E-state index contributed by atoms with van der Waals surface area (Å²) in [6.45, 7) is 1.78. The van der Waals surface area contributed by atoms with Crippen LogP contribution in [0.25, 0.3) is 0 Å². The zero-order chi connectivity index (χ0) is 15.2. The van der Waals surface area contributed by atoms with Crippen LogP contribution in [-0.2, 0) is 16.8 Å². The molecule has 0 saturated carbocycles. The van der Waals surface area contributed by atoms with Crippen molar-refractivity contribution < 1.29 is 13.2 Å². The molecular weight excluding hydrogens is 278 g/mol. The minimum Gasteiger partial charge on any atom is -0.497 e. The molecule has 0 spiro atoms. The lowest BCUT2D eigenvalue weighted by molar-refractivity contribution is 0.330. The van der Waals surface area contributed by atoms with Crippen LogP contribution in [-0.4, -0.2) is 59.0 Å². The Morgan fingerprint density at radius 2 is 1.75 bits per heavy atom. The van der Waals surface area contributed by atoms with E-state index >= 15 is 0 Å². The topological polar surface area (TPSA) is 61.9 Å². The van der Waals surface area contributed by atoms with Crippen LogP contribution in [0.1, 0.15) is 5.56 Å². The molecule has 1 aromatic carbocycles. The second kappa shape index (κ2) is 7.58. The van der Waals surface area contributed by atoms with Gasteiger partial charge in [-0.1, -0.05) is 12.1 Å². The Kier molecular flexibility index (Phi) is 6.41. The SMILES string of the molecule is COc1ccc(CN(C)CCNS(=O)(=O)N(C)C)cc1. The third kappa shape index (κ3) is 5.46. The van der Waals surface area contributed by atoms with Gasteiger partial charge in [-0.3, -0.25) is 0 Å². The molecule has 0 fully saturated rings. The van der Waals surface area contributed by atoms with Crippen LogP contribution in [0.5, 0.6) is 5.75 Å². The van der Waals surface area contributed by atoms with E-state index in [2.05, 4.69) is 9.62 Å². The van der Waals surface area contributed by atoms with Gasteiger partial charge in [-0.15, -0.1) is 0 Å². The van der Waals surface area contributed by atoms with Crippen LogP contribution in [0, 0.1) is 0 Å². The fourth-order valence-corrected chi connectivity index (χ4v) is 2.22. The monoisotopic (exact) mass is 301 g/mol. The van der Waals surface area contributed by atoms with Crippen molar-refractivity contribution in [3.05, 3.63) is 29.8 Å². The van der Waals surface area contributed by atoms with Crippen LogP contribution in [0.2, 0.25) is 0 Å². The first-order valence-electron chi connectivity index (χ1n) is 6.33. The molecule has 1 rings (SSSR count). The van der Waals surface area contributed by atoms with E-state index in [1.165, 1.54) is 14.1 Å². The number of ether oxygens (including phenoxy) is 1. The van der Waals surface area contributed by atoms with E-state index in [9.17, 15) is 8.42 Å². The summed E-state index contributed by atoms with van der Waals surface area (Å²) in [6.07, 6.45) is 0. The highest BCUT2D eigenvalue weighted by atomic mass is 32.2. The lowest BCUT2D eigenvalue weighted by atomic mass is 10.2. The molecule has 0 aliphatic carbocycles. The Morgan fingerprint density at radius 1 is 1.15 bits per heavy atom. The van der Waals surface area contributed by atoms with Crippen LogP contribution >= 0.6 is 0 Å². The van der Waals surface area contributed by atoms with Gasteiger partial charge in [-0.05, 0) is 24.7 Å². The number of benzene rings is 1. The van der Waals surface area contributed by atoms with Gasteiger partial charge in [-0.25, -0.2) is 4.72 Å². The van der Waals surface area contributed by atoms with Crippen LogP contribution in [0.3, 0.4) is 0 Å². The molecule has 7 heteroatoms. The molecule has 1 N–H and O–H groups in total. The number of rotatable bonds is 8. The number of nitrogens with one attached hydrogen (secondary N) is 1. The summed E-state index contributed by atoms with van der Waals surface area (Å²) in [7, 11) is 3.26. The van der Waals surface area contributed by atoms with E-state index in [0.717, 1.165) is 22.2 Å². The minimum absolute atomic E-state index is 0.382. The van der Waals surface area contributed by atoms with Gasteiger partial charge >= 0.3 is 0 Å². The fraction of sp³-hybridized carbons (Fsp3) is 0.538. The lowest BCUT2D eigenvalue weighted by Gasteiger charge is -2.18. The standard InChI is InChI=1S/C13H23N3O3S/c1-15(2)20(17,18)14-9-10-16(3)11-12-5-7-13(19-4)8-6-12/h5-8,14H,9-11H2,1-4H3. The summed E-state index contributed by atoms with van der Waals surface area (Å²) in [4.78, 5) is 2.06. The molecule has 0 amide bonds. The number of hydrogen-bond acceptors (Lipinski definition) is 4. The largest absolute Gasteiger partial charge is 0.497 e. The van der Waals surface area contributed by atoms with E-state index in [0.29, 0.717) is 13.1 Å². The second-order valence-electron chi connectivity index (χ2n) is 4.77. The summed E-state index contributed by atoms with van der Waals surface area (Å²) in [5.74, 6) is 0.829. The van der Waals surface area contributed by atoms with Crippen molar-refractivity contribution in [2.24, 2.45) is 0 Å². The number of likely N-dealkylation sites (N-methyl/N-ethyl adjacent to an activating group) is 1. The average molecular weight is 301 g/mol. The summed E-state index contributed by atoms with van der Waals surface area (Å²) < 4.78 is 31.8. The predicted octanol–water partition coefficient (Wildman–Crippen LogP) is 0.523. The molecule has 6 nitrogen and oxygen atoms in total. The molecule has 1 aromatic rings. The molecule has 0 aliphatic rings. The van der Waals surface area contributed by atoms with Gasteiger partial charge in [0.2, 0.25) is 0 Å². The van der Waals surface area contributed by atoms with Crippen LogP contribution < -0.4 is 9.46 Å². The molecule has 114 valence electrons. The van der Waals surface area contributed by atoms with Gasteiger partial charge in [0.05, 0.1) is 7.11 Å². The quantitative estimate of drug-likeness (QED) is 0.760. The highest BCUT2D eigenvalue weighted by Crippen LogP contribution is 2.12. The summed E-state index contributed by atoms with van der Waals surface area (Å²) in [5, 5.41) is 0. The normalized spacial score (nSPS) is 12.1. The molecular formula is C13H23N3O3S. The van der Waals surface area contributed by atoms with Gasteiger partial charge in [0.15, 0.2) is 0 Å². The maximum atomic E-state index is 11.5. The first-order chi connectivity index (χ1) is 9.35. The van der Waals surface area contributed by atoms with Gasteiger partial charge in [0.25, 0.3) is 10.2 Å². The van der Waals surface area contributed by atoms with Crippen molar-refractivity contribution in [2.45, 2.75) is 6.54 Å². The maximum Gasteiger partial charge on any atom is 0.278 e. The number of methoxy groups -OCH3 is 1. The highest BCUT2D eigenvalue weighted by molar-refractivity contribution is 7.87. The zero-order valence-electron chi connectivity index (χ0n) is 12.5. The lowest BCUT2D eigenvalue weighted by Crippen LogP contribution is -2.39. The van der Waals surface area contributed by atoms with Crippen molar-refractivity contribution in [3.8, 4) is 5.75 Å². The molecule has 0 saturated heterocycles. The Labute approximate surface area is 121 Å². The van der Waals surface area contributed by atoms with Crippen molar-refractivity contribution in [1.82, 2.24) is 13.9 Å². The molecule has 0 heterocycles. The van der Waals surface area contributed by atoms with Gasteiger partial charge in [0, 0.05) is 33.7 Å². The third-order valence-corrected chi connectivity index (χ3v) is 4.40. The molecule has 20 heavy (non-hydrogen) atoms. The van der Waals surface area contributed by atoms with Crippen molar-refractivity contribution in [3.63, 3.8) is 0 Å². The third-order valence-electron chi connectivity index (χ3n) is 2.87. The predicted molar refractivity (Wildman–Crippen MR) is 79.9 cm³/mol. The zero-order valence-corrected chi connectivity index (χ0v) is 13.3. The number of nitrogens with zero attached hydrogens (tertiary/aromatic N) is 2. The van der Waals surface area contributed by atoms with Crippen molar-refractivity contribution in [2.75, 3.05) is 41.3 Å². The van der Waals surface area contributed by atoms with Gasteiger partial charge in [0.1, 0.15) is 5.75 Å². The Bertz CT molecular complexity index is 500. The molecule has 0 unspecified atom stereocenters. The Hall–Kier alpha value is -1.15. The highest BCUT2D eigenvalue weighted by Gasteiger charge is 2.12. The first-order valence-corrected chi connectivity index (χ1v) is 7.78. The van der Waals surface area contributed by atoms with Crippen molar-refractivity contribution in [1.29, 1.82) is 0 Å². The first kappa shape index (κ1) is 16.9. The summed E-state index contributed by atoms with van der Waals surface area (Å²) >= 11 is 0. The minimum atomic E-state index is -3.34. The summed E-state index contributed by atoms with van der Waals surface area (Å²) in [5.41, 5.74) is 1.16. The van der Waals surface area contributed by atoms with Crippen LogP contribution in [0.4, 0.5) is 0 Å². The Balaban J connectivity index is 2.38. The van der Waals surface area contributed by atoms with Gasteiger partial charge < -0.3 is 9.64 Å².